The molecule has 11 heteroatoms. The maximum Gasteiger partial charge on any atom is 0.332 e. The lowest BCUT2D eigenvalue weighted by molar-refractivity contribution is -0.113. The molecule has 0 saturated carbocycles. The molecule has 0 unspecified atom stereocenters. The van der Waals surface area contributed by atoms with Gasteiger partial charge in [0.15, 0.2) is 21.5 Å². The van der Waals surface area contributed by atoms with E-state index >= 15 is 0 Å². The number of aromatic nitrogens is 5. The van der Waals surface area contributed by atoms with E-state index in [1.54, 1.807) is 18.7 Å². The number of rotatable bonds is 5. The number of fused-ring (bicyclic) bond motifs is 1. The summed E-state index contributed by atoms with van der Waals surface area (Å²) < 4.78 is 3.96. The van der Waals surface area contributed by atoms with Crippen LogP contribution in [-0.4, -0.2) is 35.3 Å². The van der Waals surface area contributed by atoms with E-state index in [4.69, 9.17) is 0 Å². The predicted molar refractivity (Wildman–Crippen MR) is 118 cm³/mol. The molecule has 1 aromatic carbocycles. The lowest BCUT2D eigenvalue weighted by Gasteiger charge is -2.04. The fraction of sp³-hybridized carbons (Fsp3) is 0.211. The van der Waals surface area contributed by atoms with E-state index in [-0.39, 0.29) is 11.7 Å². The van der Waals surface area contributed by atoms with Gasteiger partial charge in [0.2, 0.25) is 5.91 Å². The molecule has 154 valence electrons. The number of amides is 1. The first-order valence-corrected chi connectivity index (χ1v) is 10.8. The Morgan fingerprint density at radius 3 is 2.53 bits per heavy atom. The van der Waals surface area contributed by atoms with Crippen molar-refractivity contribution >= 4 is 45.3 Å². The molecule has 4 rings (SSSR count). The molecular formula is C19H18N6O3S2. The highest BCUT2D eigenvalue weighted by molar-refractivity contribution is 7.99. The Morgan fingerprint density at radius 1 is 1.07 bits per heavy atom. The first kappa shape index (κ1) is 20.1. The molecule has 0 atom stereocenters. The van der Waals surface area contributed by atoms with Crippen LogP contribution in [0, 0.1) is 0 Å². The second-order valence-corrected chi connectivity index (χ2v) is 8.37. The largest absolute Gasteiger partial charge is 0.332 e. The summed E-state index contributed by atoms with van der Waals surface area (Å²) >= 11 is 2.54. The molecule has 4 aromatic rings. The molecule has 1 amide bonds. The van der Waals surface area contributed by atoms with Gasteiger partial charge in [0.1, 0.15) is 0 Å². The summed E-state index contributed by atoms with van der Waals surface area (Å²) in [7, 11) is 4.68. The fourth-order valence-corrected chi connectivity index (χ4v) is 4.49. The Balaban J connectivity index is 1.49. The third-order valence-electron chi connectivity index (χ3n) is 4.59. The fourth-order valence-electron chi connectivity index (χ4n) is 2.99. The SMILES string of the molecule is Cn1c(=O)c2c(nc(SCC(=O)Nc3nc(-c4ccccc4)cs3)n2C)n(C)c1=O. The van der Waals surface area contributed by atoms with E-state index in [2.05, 4.69) is 15.3 Å². The molecule has 30 heavy (non-hydrogen) atoms. The molecular weight excluding hydrogens is 424 g/mol. The van der Waals surface area contributed by atoms with Crippen molar-refractivity contribution in [1.29, 1.82) is 0 Å². The molecule has 3 heterocycles. The summed E-state index contributed by atoms with van der Waals surface area (Å²) in [4.78, 5) is 45.7. The van der Waals surface area contributed by atoms with Crippen molar-refractivity contribution in [1.82, 2.24) is 23.7 Å². The predicted octanol–water partition coefficient (Wildman–Crippen LogP) is 1.82. The number of thioether (sulfide) groups is 1. The van der Waals surface area contributed by atoms with Gasteiger partial charge in [-0.2, -0.15) is 0 Å². The van der Waals surface area contributed by atoms with Crippen LogP contribution in [-0.2, 0) is 25.9 Å². The van der Waals surface area contributed by atoms with Crippen LogP contribution in [0.5, 0.6) is 0 Å². The molecule has 0 aliphatic rings. The van der Waals surface area contributed by atoms with Crippen LogP contribution in [0.2, 0.25) is 0 Å². The zero-order valence-electron chi connectivity index (χ0n) is 16.4. The standard InChI is InChI=1S/C19H18N6O3S2/c1-23-14-15(24(2)19(28)25(3)16(14)27)22-18(23)30-10-13(26)21-17-20-12(9-29-17)11-7-5-4-6-8-11/h4-9H,10H2,1-3H3,(H,20,21,26). The third kappa shape index (κ3) is 3.57. The average molecular weight is 443 g/mol. The van der Waals surface area contributed by atoms with E-state index in [0.29, 0.717) is 21.5 Å². The van der Waals surface area contributed by atoms with Crippen molar-refractivity contribution in [2.24, 2.45) is 21.1 Å². The van der Waals surface area contributed by atoms with Gasteiger partial charge in [-0.15, -0.1) is 11.3 Å². The second kappa shape index (κ2) is 7.92. The van der Waals surface area contributed by atoms with Crippen LogP contribution in [0.25, 0.3) is 22.4 Å². The first-order chi connectivity index (χ1) is 14.4. The maximum atomic E-state index is 12.4. The van der Waals surface area contributed by atoms with Gasteiger partial charge in [-0.05, 0) is 0 Å². The number of hydrogen-bond donors (Lipinski definition) is 1. The van der Waals surface area contributed by atoms with Crippen LogP contribution >= 0.6 is 23.1 Å². The minimum absolute atomic E-state index is 0.0890. The molecule has 0 fully saturated rings. The summed E-state index contributed by atoms with van der Waals surface area (Å²) in [5.41, 5.74) is 1.52. The first-order valence-electron chi connectivity index (χ1n) is 8.93. The van der Waals surface area contributed by atoms with E-state index in [0.717, 1.165) is 15.8 Å². The van der Waals surface area contributed by atoms with E-state index in [1.807, 2.05) is 35.7 Å². The zero-order chi connectivity index (χ0) is 21.4. The minimum atomic E-state index is -0.446. The van der Waals surface area contributed by atoms with Crippen LogP contribution in [0.4, 0.5) is 5.13 Å². The molecule has 9 nitrogen and oxygen atoms in total. The van der Waals surface area contributed by atoms with Gasteiger partial charge >= 0.3 is 5.69 Å². The van der Waals surface area contributed by atoms with Gasteiger partial charge in [-0.25, -0.2) is 14.8 Å². The van der Waals surface area contributed by atoms with Crippen molar-refractivity contribution < 1.29 is 4.79 Å². The van der Waals surface area contributed by atoms with Gasteiger partial charge in [-0.3, -0.25) is 18.7 Å². The van der Waals surface area contributed by atoms with Gasteiger partial charge in [0.25, 0.3) is 5.56 Å². The molecule has 0 aliphatic heterocycles. The number of nitrogens with one attached hydrogen (secondary N) is 1. The van der Waals surface area contributed by atoms with Gasteiger partial charge in [0.05, 0.1) is 11.4 Å². The number of aryl methyl sites for hydroxylation is 2. The smallest absolute Gasteiger partial charge is 0.316 e. The van der Waals surface area contributed by atoms with Gasteiger partial charge in [0, 0.05) is 32.1 Å². The number of thiazole rings is 1. The minimum Gasteiger partial charge on any atom is -0.316 e. The monoisotopic (exact) mass is 442 g/mol. The summed E-state index contributed by atoms with van der Waals surface area (Å²) in [5, 5.41) is 5.66. The van der Waals surface area contributed by atoms with Crippen LogP contribution in [0.3, 0.4) is 0 Å². The van der Waals surface area contributed by atoms with Crippen molar-refractivity contribution in [3.8, 4) is 11.3 Å². The van der Waals surface area contributed by atoms with E-state index in [9.17, 15) is 14.4 Å². The highest BCUT2D eigenvalue weighted by atomic mass is 32.2. The van der Waals surface area contributed by atoms with Crippen molar-refractivity contribution in [3.05, 3.63) is 56.5 Å². The Bertz CT molecular complexity index is 1370. The van der Waals surface area contributed by atoms with Crippen molar-refractivity contribution in [3.63, 3.8) is 0 Å². The topological polar surface area (TPSA) is 104 Å². The van der Waals surface area contributed by atoms with Crippen LogP contribution in [0.15, 0.2) is 50.5 Å². The Labute approximate surface area is 179 Å². The highest BCUT2D eigenvalue weighted by Gasteiger charge is 2.18. The quantitative estimate of drug-likeness (QED) is 0.473. The summed E-state index contributed by atoms with van der Waals surface area (Å²) in [6, 6.07) is 9.72. The third-order valence-corrected chi connectivity index (χ3v) is 6.37. The van der Waals surface area contributed by atoms with Crippen molar-refractivity contribution in [2.75, 3.05) is 11.1 Å². The Morgan fingerprint density at radius 2 is 1.80 bits per heavy atom. The molecule has 0 spiro atoms. The normalized spacial score (nSPS) is 11.2. The number of anilines is 1. The Kier molecular flexibility index (Phi) is 5.31. The molecule has 0 saturated heterocycles. The highest BCUT2D eigenvalue weighted by Crippen LogP contribution is 2.25. The summed E-state index contributed by atoms with van der Waals surface area (Å²) in [6.45, 7) is 0. The number of imidazole rings is 1. The number of nitrogens with zero attached hydrogens (tertiary/aromatic N) is 5. The molecule has 0 aliphatic carbocycles. The summed E-state index contributed by atoms with van der Waals surface area (Å²) in [6.07, 6.45) is 0. The van der Waals surface area contributed by atoms with Gasteiger partial charge < -0.3 is 9.88 Å². The van der Waals surface area contributed by atoms with E-state index in [1.165, 1.54) is 34.7 Å². The lowest BCUT2D eigenvalue weighted by atomic mass is 10.2. The lowest BCUT2D eigenvalue weighted by Crippen LogP contribution is -2.37. The molecule has 0 radical (unpaired) electrons. The number of benzene rings is 1. The summed E-state index contributed by atoms with van der Waals surface area (Å²) in [5.74, 6) is -0.145. The molecule has 0 bridgehead atoms. The van der Waals surface area contributed by atoms with Gasteiger partial charge in [-0.1, -0.05) is 42.1 Å². The maximum absolute atomic E-state index is 12.4. The van der Waals surface area contributed by atoms with Crippen LogP contribution in [0.1, 0.15) is 0 Å². The number of hydrogen-bond acceptors (Lipinski definition) is 7. The average Bonchev–Trinajstić information content (AvgIpc) is 3.34. The van der Waals surface area contributed by atoms with Crippen molar-refractivity contribution in [2.45, 2.75) is 5.16 Å². The van der Waals surface area contributed by atoms with Crippen LogP contribution < -0.4 is 16.6 Å². The second-order valence-electron chi connectivity index (χ2n) is 6.57. The van der Waals surface area contributed by atoms with E-state index < -0.39 is 11.2 Å². The number of carbonyl (C=O) groups is 1. The molecule has 1 N–H and O–H groups in total. The zero-order valence-corrected chi connectivity index (χ0v) is 18.1. The number of carbonyl (C=O) groups excluding carboxylic acids is 1. The molecule has 3 aromatic heterocycles. The Hall–Kier alpha value is -3.18.